The number of rotatable bonds is 4. The van der Waals surface area contributed by atoms with Gasteiger partial charge in [-0.05, 0) is 43.7 Å². The SMILES string of the molecule is Cc1sc(NC(=O)COC(=O)c2ccc(F)cc2)c(C#N)c1C. The Hall–Kier alpha value is -2.72. The van der Waals surface area contributed by atoms with E-state index >= 15 is 0 Å². The minimum absolute atomic E-state index is 0.153. The summed E-state index contributed by atoms with van der Waals surface area (Å²) in [6, 6.07) is 6.85. The first-order valence-corrected chi connectivity index (χ1v) is 7.46. The summed E-state index contributed by atoms with van der Waals surface area (Å²) in [6.07, 6.45) is 0. The number of anilines is 1. The molecule has 118 valence electrons. The van der Waals surface area contributed by atoms with Crippen LogP contribution in [0.1, 0.15) is 26.4 Å². The highest BCUT2D eigenvalue weighted by molar-refractivity contribution is 7.16. The molecule has 1 N–H and O–H groups in total. The van der Waals surface area contributed by atoms with E-state index in [-0.39, 0.29) is 5.56 Å². The maximum Gasteiger partial charge on any atom is 0.338 e. The normalized spacial score (nSPS) is 10.0. The Kier molecular flexibility index (Phi) is 5.09. The first-order chi connectivity index (χ1) is 10.9. The number of nitrogens with zero attached hydrogens (tertiary/aromatic N) is 1. The van der Waals surface area contributed by atoms with Gasteiger partial charge in [0.1, 0.15) is 16.9 Å². The van der Waals surface area contributed by atoms with Crippen molar-refractivity contribution in [1.29, 1.82) is 5.26 Å². The highest BCUT2D eigenvalue weighted by atomic mass is 32.1. The van der Waals surface area contributed by atoms with E-state index in [9.17, 15) is 14.0 Å². The lowest BCUT2D eigenvalue weighted by molar-refractivity contribution is -0.119. The van der Waals surface area contributed by atoms with E-state index in [0.29, 0.717) is 10.6 Å². The summed E-state index contributed by atoms with van der Waals surface area (Å²) in [5, 5.41) is 12.1. The predicted octanol–water partition coefficient (Wildman–Crippen LogP) is 3.17. The molecule has 0 radical (unpaired) electrons. The minimum Gasteiger partial charge on any atom is -0.452 e. The quantitative estimate of drug-likeness (QED) is 0.872. The summed E-state index contributed by atoms with van der Waals surface area (Å²) in [5.74, 6) is -1.73. The van der Waals surface area contributed by atoms with Crippen LogP contribution in [0.15, 0.2) is 24.3 Å². The van der Waals surface area contributed by atoms with E-state index in [1.54, 1.807) is 6.92 Å². The van der Waals surface area contributed by atoms with Crippen molar-refractivity contribution in [3.8, 4) is 6.07 Å². The van der Waals surface area contributed by atoms with Crippen LogP contribution in [-0.4, -0.2) is 18.5 Å². The smallest absolute Gasteiger partial charge is 0.338 e. The number of nitriles is 1. The molecule has 0 aliphatic rings. The summed E-state index contributed by atoms with van der Waals surface area (Å²) >= 11 is 1.29. The van der Waals surface area contributed by atoms with Crippen LogP contribution in [-0.2, 0) is 9.53 Å². The van der Waals surface area contributed by atoms with E-state index in [0.717, 1.165) is 22.6 Å². The number of hydrogen-bond donors (Lipinski definition) is 1. The number of amides is 1. The zero-order valence-electron chi connectivity index (χ0n) is 12.5. The Morgan fingerprint density at radius 2 is 1.96 bits per heavy atom. The molecule has 7 heteroatoms. The van der Waals surface area contributed by atoms with E-state index < -0.39 is 24.3 Å². The molecule has 0 spiro atoms. The number of carbonyl (C=O) groups is 2. The topological polar surface area (TPSA) is 79.2 Å². The Labute approximate surface area is 136 Å². The second kappa shape index (κ2) is 7.03. The molecular formula is C16H13FN2O3S. The highest BCUT2D eigenvalue weighted by Gasteiger charge is 2.16. The van der Waals surface area contributed by atoms with E-state index in [4.69, 9.17) is 10.00 Å². The van der Waals surface area contributed by atoms with Crippen LogP contribution < -0.4 is 5.32 Å². The minimum atomic E-state index is -0.723. The third kappa shape index (κ3) is 3.93. The Bertz CT molecular complexity index is 791. The summed E-state index contributed by atoms with van der Waals surface area (Å²) < 4.78 is 17.6. The van der Waals surface area contributed by atoms with Crippen LogP contribution in [0.3, 0.4) is 0 Å². The average Bonchev–Trinajstić information content (AvgIpc) is 2.79. The molecule has 1 amide bonds. The summed E-state index contributed by atoms with van der Waals surface area (Å²) in [4.78, 5) is 24.5. The molecular weight excluding hydrogens is 319 g/mol. The van der Waals surface area contributed by atoms with Crippen molar-refractivity contribution in [3.63, 3.8) is 0 Å². The van der Waals surface area contributed by atoms with Gasteiger partial charge >= 0.3 is 5.97 Å². The molecule has 0 unspecified atom stereocenters. The van der Waals surface area contributed by atoms with Gasteiger partial charge in [0.2, 0.25) is 0 Å². The molecule has 0 bridgehead atoms. The second-order valence-corrected chi connectivity index (χ2v) is 5.96. The van der Waals surface area contributed by atoms with Gasteiger partial charge in [-0.2, -0.15) is 5.26 Å². The van der Waals surface area contributed by atoms with Crippen LogP contribution in [0.4, 0.5) is 9.39 Å². The van der Waals surface area contributed by atoms with Gasteiger partial charge in [0.05, 0.1) is 11.1 Å². The standard InChI is InChI=1S/C16H13FN2O3S/c1-9-10(2)23-15(13(9)7-18)19-14(20)8-22-16(21)11-3-5-12(17)6-4-11/h3-6H,8H2,1-2H3,(H,19,20). The number of aryl methyl sites for hydroxylation is 1. The molecule has 0 saturated carbocycles. The lowest BCUT2D eigenvalue weighted by Gasteiger charge is -2.05. The zero-order valence-corrected chi connectivity index (χ0v) is 13.3. The van der Waals surface area contributed by atoms with Gasteiger partial charge in [0.15, 0.2) is 6.61 Å². The number of thiophene rings is 1. The first kappa shape index (κ1) is 16.6. The number of nitrogens with one attached hydrogen (secondary N) is 1. The van der Waals surface area contributed by atoms with E-state index in [1.807, 2.05) is 13.0 Å². The highest BCUT2D eigenvalue weighted by Crippen LogP contribution is 2.31. The lowest BCUT2D eigenvalue weighted by atomic mass is 10.2. The van der Waals surface area contributed by atoms with Gasteiger partial charge in [0.25, 0.3) is 5.91 Å². The molecule has 5 nitrogen and oxygen atoms in total. The fourth-order valence-electron chi connectivity index (χ4n) is 1.81. The molecule has 1 heterocycles. The van der Waals surface area contributed by atoms with Crippen molar-refractivity contribution in [2.24, 2.45) is 0 Å². The summed E-state index contributed by atoms with van der Waals surface area (Å²) in [7, 11) is 0. The Morgan fingerprint density at radius 1 is 1.30 bits per heavy atom. The van der Waals surface area contributed by atoms with Crippen molar-refractivity contribution in [3.05, 3.63) is 51.7 Å². The number of benzene rings is 1. The van der Waals surface area contributed by atoms with Crippen molar-refractivity contribution < 1.29 is 18.7 Å². The van der Waals surface area contributed by atoms with Crippen LogP contribution >= 0.6 is 11.3 Å². The van der Waals surface area contributed by atoms with Gasteiger partial charge in [-0.25, -0.2) is 9.18 Å². The van der Waals surface area contributed by atoms with E-state index in [2.05, 4.69) is 5.32 Å². The zero-order chi connectivity index (χ0) is 17.0. The maximum absolute atomic E-state index is 12.8. The molecule has 0 atom stereocenters. The number of halogens is 1. The van der Waals surface area contributed by atoms with Crippen LogP contribution in [0.5, 0.6) is 0 Å². The Morgan fingerprint density at radius 3 is 2.57 bits per heavy atom. The van der Waals surface area contributed by atoms with Crippen molar-refractivity contribution in [2.45, 2.75) is 13.8 Å². The average molecular weight is 332 g/mol. The number of ether oxygens (including phenoxy) is 1. The van der Waals surface area contributed by atoms with Crippen molar-refractivity contribution >= 4 is 28.2 Å². The van der Waals surface area contributed by atoms with Gasteiger partial charge in [-0.3, -0.25) is 4.79 Å². The third-order valence-corrected chi connectivity index (χ3v) is 4.29. The number of hydrogen-bond acceptors (Lipinski definition) is 5. The summed E-state index contributed by atoms with van der Waals surface area (Å²) in [5.41, 5.74) is 1.38. The second-order valence-electron chi connectivity index (χ2n) is 4.73. The van der Waals surface area contributed by atoms with Crippen molar-refractivity contribution in [2.75, 3.05) is 11.9 Å². The molecule has 1 aromatic carbocycles. The van der Waals surface area contributed by atoms with Crippen molar-refractivity contribution in [1.82, 2.24) is 0 Å². The molecule has 0 aliphatic carbocycles. The number of carbonyl (C=O) groups excluding carboxylic acids is 2. The monoisotopic (exact) mass is 332 g/mol. The van der Waals surface area contributed by atoms with Gasteiger partial charge in [-0.15, -0.1) is 11.3 Å². The maximum atomic E-state index is 12.8. The third-order valence-electron chi connectivity index (χ3n) is 3.16. The molecule has 0 aliphatic heterocycles. The van der Waals surface area contributed by atoms with Gasteiger partial charge in [-0.1, -0.05) is 0 Å². The first-order valence-electron chi connectivity index (χ1n) is 6.65. The van der Waals surface area contributed by atoms with Crippen LogP contribution in [0.2, 0.25) is 0 Å². The lowest BCUT2D eigenvalue weighted by Crippen LogP contribution is -2.20. The predicted molar refractivity (Wildman–Crippen MR) is 83.8 cm³/mol. The van der Waals surface area contributed by atoms with Crippen LogP contribution in [0, 0.1) is 31.0 Å². The van der Waals surface area contributed by atoms with Gasteiger partial charge in [0, 0.05) is 4.88 Å². The molecule has 23 heavy (non-hydrogen) atoms. The van der Waals surface area contributed by atoms with E-state index in [1.165, 1.54) is 23.5 Å². The molecule has 0 saturated heterocycles. The molecule has 2 aromatic rings. The molecule has 0 fully saturated rings. The fourth-order valence-corrected chi connectivity index (χ4v) is 2.84. The largest absolute Gasteiger partial charge is 0.452 e. The van der Waals surface area contributed by atoms with Gasteiger partial charge < -0.3 is 10.1 Å². The number of esters is 1. The molecule has 2 rings (SSSR count). The Balaban J connectivity index is 1.96. The molecule has 1 aromatic heterocycles. The van der Waals surface area contributed by atoms with Crippen LogP contribution in [0.25, 0.3) is 0 Å². The summed E-state index contributed by atoms with van der Waals surface area (Å²) in [6.45, 7) is 3.16. The fraction of sp³-hybridized carbons (Fsp3) is 0.188.